The first-order valence-electron chi connectivity index (χ1n) is 6.09. The highest BCUT2D eigenvalue weighted by molar-refractivity contribution is 4.57. The normalized spacial score (nSPS) is 9.00. The topological polar surface area (TPSA) is 15.3 Å². The molecular formula is C12H32N2. The quantitative estimate of drug-likeness (QED) is 0.693. The molecule has 0 aromatic carbocycles. The van der Waals surface area contributed by atoms with Crippen molar-refractivity contribution in [1.29, 1.82) is 0 Å². The van der Waals surface area contributed by atoms with Gasteiger partial charge in [0, 0.05) is 19.1 Å². The smallest absolute Gasteiger partial charge is 0.0106 e. The van der Waals surface area contributed by atoms with Crippen LogP contribution < -0.4 is 5.32 Å². The zero-order valence-corrected chi connectivity index (χ0v) is 11.6. The van der Waals surface area contributed by atoms with Gasteiger partial charge < -0.3 is 10.2 Å². The molecule has 0 fully saturated rings. The number of likely N-dealkylation sites (N-methyl/N-ethyl adjacent to an activating group) is 2. The fourth-order valence-electron chi connectivity index (χ4n) is 0.690. The number of rotatable bonds is 5. The second-order valence-electron chi connectivity index (χ2n) is 2.93. The Morgan fingerprint density at radius 1 is 1.07 bits per heavy atom. The van der Waals surface area contributed by atoms with Crippen molar-refractivity contribution >= 4 is 0 Å². The predicted molar refractivity (Wildman–Crippen MR) is 69.0 cm³/mol. The molecule has 0 amide bonds. The lowest BCUT2D eigenvalue weighted by Crippen LogP contribution is -2.33. The van der Waals surface area contributed by atoms with Gasteiger partial charge in [0.05, 0.1) is 0 Å². The van der Waals surface area contributed by atoms with E-state index in [0.29, 0.717) is 6.04 Å². The molecule has 2 nitrogen and oxygen atoms in total. The predicted octanol–water partition coefficient (Wildman–Crippen LogP) is 2.99. The number of hydrogen-bond acceptors (Lipinski definition) is 2. The maximum absolute atomic E-state index is 3.29. The van der Waals surface area contributed by atoms with Crippen LogP contribution in [-0.2, 0) is 0 Å². The maximum Gasteiger partial charge on any atom is 0.0106 e. The summed E-state index contributed by atoms with van der Waals surface area (Å²) in [5.74, 6) is 0. The summed E-state index contributed by atoms with van der Waals surface area (Å²) in [6.07, 6.45) is 0. The molecule has 0 aromatic rings. The van der Waals surface area contributed by atoms with Gasteiger partial charge in [0.1, 0.15) is 0 Å². The van der Waals surface area contributed by atoms with Gasteiger partial charge in [0.15, 0.2) is 0 Å². The lowest BCUT2D eigenvalue weighted by atomic mass is 10.3. The minimum absolute atomic E-state index is 0.665. The summed E-state index contributed by atoms with van der Waals surface area (Å²) in [6, 6.07) is 0.665. The van der Waals surface area contributed by atoms with E-state index >= 15 is 0 Å². The van der Waals surface area contributed by atoms with Gasteiger partial charge in [0.25, 0.3) is 0 Å². The highest BCUT2D eigenvalue weighted by atomic mass is 15.1. The summed E-state index contributed by atoms with van der Waals surface area (Å²) in [6.45, 7) is 17.9. The Kier molecular flexibility index (Phi) is 26.0. The number of nitrogens with zero attached hydrogens (tertiary/aromatic N) is 1. The molecule has 0 rings (SSSR count). The van der Waals surface area contributed by atoms with Gasteiger partial charge in [-0.1, -0.05) is 34.6 Å². The van der Waals surface area contributed by atoms with E-state index in [9.17, 15) is 0 Å². The average Bonchev–Trinajstić information content (AvgIpc) is 2.24. The van der Waals surface area contributed by atoms with E-state index in [4.69, 9.17) is 0 Å². The van der Waals surface area contributed by atoms with E-state index in [1.165, 1.54) is 0 Å². The summed E-state index contributed by atoms with van der Waals surface area (Å²) >= 11 is 0. The Hall–Kier alpha value is -0.0800. The molecule has 90 valence electrons. The Morgan fingerprint density at radius 3 is 1.79 bits per heavy atom. The Bertz CT molecular complexity index is 72.7. The zero-order chi connectivity index (χ0) is 12.0. The number of nitrogens with one attached hydrogen (secondary N) is 1. The highest BCUT2D eigenvalue weighted by Crippen LogP contribution is 1.90. The van der Waals surface area contributed by atoms with E-state index in [1.807, 2.05) is 27.7 Å². The lowest BCUT2D eigenvalue weighted by molar-refractivity contribution is 0.274. The van der Waals surface area contributed by atoms with Gasteiger partial charge in [-0.25, -0.2) is 0 Å². The summed E-state index contributed by atoms with van der Waals surface area (Å²) in [5, 5.41) is 3.29. The summed E-state index contributed by atoms with van der Waals surface area (Å²) in [5.41, 5.74) is 0. The van der Waals surface area contributed by atoms with E-state index in [-0.39, 0.29) is 0 Å². The molecule has 0 aromatic heterocycles. The van der Waals surface area contributed by atoms with Crippen molar-refractivity contribution in [1.82, 2.24) is 10.2 Å². The molecule has 0 saturated heterocycles. The van der Waals surface area contributed by atoms with E-state index < -0.39 is 0 Å². The fraction of sp³-hybridized carbons (Fsp3) is 1.00. The van der Waals surface area contributed by atoms with Crippen LogP contribution in [0.5, 0.6) is 0 Å². The first kappa shape index (κ1) is 19.5. The lowest BCUT2D eigenvalue weighted by Gasteiger charge is -2.20. The minimum Gasteiger partial charge on any atom is -0.316 e. The Balaban J connectivity index is -0.000000266. The van der Waals surface area contributed by atoms with Gasteiger partial charge in [-0.3, -0.25) is 0 Å². The van der Waals surface area contributed by atoms with Crippen LogP contribution in [0.4, 0.5) is 0 Å². The molecule has 0 unspecified atom stereocenters. The SMILES string of the molecule is CC.CC.CCNCCN(C)C(C)C. The van der Waals surface area contributed by atoms with Crippen molar-refractivity contribution in [2.45, 2.75) is 54.5 Å². The van der Waals surface area contributed by atoms with Crippen molar-refractivity contribution in [2.75, 3.05) is 26.7 Å². The third-order valence-corrected chi connectivity index (χ3v) is 1.77. The monoisotopic (exact) mass is 204 g/mol. The van der Waals surface area contributed by atoms with Gasteiger partial charge in [-0.2, -0.15) is 0 Å². The molecule has 0 aliphatic heterocycles. The van der Waals surface area contributed by atoms with Crippen molar-refractivity contribution in [3.8, 4) is 0 Å². The van der Waals surface area contributed by atoms with Crippen LogP contribution in [-0.4, -0.2) is 37.6 Å². The molecule has 0 heterocycles. The van der Waals surface area contributed by atoms with Crippen LogP contribution in [0, 0.1) is 0 Å². The molecule has 0 radical (unpaired) electrons. The zero-order valence-electron chi connectivity index (χ0n) is 11.6. The van der Waals surface area contributed by atoms with E-state index in [1.54, 1.807) is 0 Å². The first-order valence-corrected chi connectivity index (χ1v) is 6.09. The molecule has 0 spiro atoms. The van der Waals surface area contributed by atoms with Crippen molar-refractivity contribution in [3.05, 3.63) is 0 Å². The molecular weight excluding hydrogens is 172 g/mol. The first-order chi connectivity index (χ1) is 6.68. The van der Waals surface area contributed by atoms with E-state index in [0.717, 1.165) is 19.6 Å². The van der Waals surface area contributed by atoms with Crippen LogP contribution >= 0.6 is 0 Å². The van der Waals surface area contributed by atoms with Crippen LogP contribution in [0.25, 0.3) is 0 Å². The minimum atomic E-state index is 0.665. The second-order valence-corrected chi connectivity index (χ2v) is 2.93. The van der Waals surface area contributed by atoms with Crippen LogP contribution in [0.1, 0.15) is 48.5 Å². The van der Waals surface area contributed by atoms with Crippen LogP contribution in [0.15, 0.2) is 0 Å². The molecule has 0 saturated carbocycles. The summed E-state index contributed by atoms with van der Waals surface area (Å²) in [4.78, 5) is 2.34. The van der Waals surface area contributed by atoms with Gasteiger partial charge >= 0.3 is 0 Å². The summed E-state index contributed by atoms with van der Waals surface area (Å²) in [7, 11) is 2.15. The molecule has 0 atom stereocenters. The van der Waals surface area contributed by atoms with Crippen molar-refractivity contribution < 1.29 is 0 Å². The Labute approximate surface area is 92.1 Å². The summed E-state index contributed by atoms with van der Waals surface area (Å²) < 4.78 is 0. The Morgan fingerprint density at radius 2 is 1.50 bits per heavy atom. The van der Waals surface area contributed by atoms with Gasteiger partial charge in [0.2, 0.25) is 0 Å². The fourth-order valence-corrected chi connectivity index (χ4v) is 0.690. The van der Waals surface area contributed by atoms with Gasteiger partial charge in [-0.05, 0) is 27.4 Å². The maximum atomic E-state index is 3.29. The van der Waals surface area contributed by atoms with Crippen LogP contribution in [0.3, 0.4) is 0 Å². The standard InChI is InChI=1S/C8H20N2.2C2H6/c1-5-9-6-7-10(4)8(2)3;2*1-2/h8-9H,5-7H2,1-4H3;2*1-2H3. The molecule has 0 aliphatic carbocycles. The number of hydrogen-bond donors (Lipinski definition) is 1. The van der Waals surface area contributed by atoms with Crippen LogP contribution in [0.2, 0.25) is 0 Å². The van der Waals surface area contributed by atoms with Crippen molar-refractivity contribution in [3.63, 3.8) is 0 Å². The highest BCUT2D eigenvalue weighted by Gasteiger charge is 1.99. The molecule has 2 heteroatoms. The third kappa shape index (κ3) is 17.9. The van der Waals surface area contributed by atoms with Gasteiger partial charge in [-0.15, -0.1) is 0 Å². The van der Waals surface area contributed by atoms with E-state index in [2.05, 4.69) is 38.0 Å². The average molecular weight is 204 g/mol. The largest absolute Gasteiger partial charge is 0.316 e. The third-order valence-electron chi connectivity index (χ3n) is 1.77. The molecule has 14 heavy (non-hydrogen) atoms. The molecule has 1 N–H and O–H groups in total. The van der Waals surface area contributed by atoms with Crippen molar-refractivity contribution in [2.24, 2.45) is 0 Å². The second kappa shape index (κ2) is 18.7. The molecule has 0 aliphatic rings. The molecule has 0 bridgehead atoms.